The Kier molecular flexibility index (Phi) is 10.4. The number of aryl methyl sites for hydroxylation is 1. The van der Waals surface area contributed by atoms with E-state index in [0.717, 1.165) is 71.9 Å². The Morgan fingerprint density at radius 2 is 1.76 bits per heavy atom. The number of urea groups is 1. The molecule has 4 aromatic rings. The van der Waals surface area contributed by atoms with E-state index in [1.807, 2.05) is 67.6 Å². The average Bonchev–Trinajstić information content (AvgIpc) is 3.46. The van der Waals surface area contributed by atoms with E-state index in [0.29, 0.717) is 24.7 Å². The summed E-state index contributed by atoms with van der Waals surface area (Å²) in [6.45, 7) is 15.0. The summed E-state index contributed by atoms with van der Waals surface area (Å²) in [7, 11) is 0. The monoisotopic (exact) mass is 625 g/mol. The number of esters is 1. The fourth-order valence-electron chi connectivity index (χ4n) is 5.21. The van der Waals surface area contributed by atoms with Crippen LogP contribution in [0.25, 0.3) is 22.5 Å². The minimum atomic E-state index is -0.402. The van der Waals surface area contributed by atoms with E-state index in [1.54, 1.807) is 17.7 Å². The lowest BCUT2D eigenvalue weighted by Gasteiger charge is -2.26. The van der Waals surface area contributed by atoms with E-state index >= 15 is 0 Å². The van der Waals surface area contributed by atoms with Crippen LogP contribution in [-0.4, -0.2) is 72.7 Å². The molecule has 1 aliphatic heterocycles. The van der Waals surface area contributed by atoms with Gasteiger partial charge in [0.15, 0.2) is 0 Å². The number of nitrogens with zero attached hydrogens (tertiary/aromatic N) is 3. The van der Waals surface area contributed by atoms with Gasteiger partial charge in [-0.25, -0.2) is 14.3 Å². The second-order valence-corrected chi connectivity index (χ2v) is 12.2. The molecule has 10 nitrogen and oxygen atoms in total. The van der Waals surface area contributed by atoms with Crippen molar-refractivity contribution in [3.8, 4) is 11.4 Å². The molecule has 0 radical (unpaired) electrons. The van der Waals surface area contributed by atoms with Gasteiger partial charge < -0.3 is 19.5 Å². The van der Waals surface area contributed by atoms with Crippen molar-refractivity contribution in [2.45, 2.75) is 40.0 Å². The number of anilines is 2. The van der Waals surface area contributed by atoms with Crippen LogP contribution in [0.1, 0.15) is 44.5 Å². The number of ether oxygens (including phenoxy) is 3. The first-order valence-electron chi connectivity index (χ1n) is 15.7. The van der Waals surface area contributed by atoms with Crippen LogP contribution < -0.4 is 15.4 Å². The second-order valence-electron chi connectivity index (χ2n) is 12.2. The first-order valence-corrected chi connectivity index (χ1v) is 15.7. The van der Waals surface area contributed by atoms with Gasteiger partial charge in [0, 0.05) is 48.0 Å². The molecule has 5 rings (SSSR count). The smallest absolute Gasteiger partial charge is 0.330 e. The number of hydrogen-bond acceptors (Lipinski definition) is 7. The SMILES string of the molecule is CCOC(=O)/C=C/c1cc(-n2nc(C(C)(C)C)cc2NC(=O)Nc2ccc(OCCN3CCOCC3)c3ccccc23)ccc1C. The summed E-state index contributed by atoms with van der Waals surface area (Å²) in [4.78, 5) is 27.8. The van der Waals surface area contributed by atoms with Crippen LogP contribution in [0.15, 0.2) is 66.7 Å². The van der Waals surface area contributed by atoms with Crippen LogP contribution in [0.2, 0.25) is 0 Å². The largest absolute Gasteiger partial charge is 0.492 e. The number of hydrogen-bond donors (Lipinski definition) is 2. The number of morpholine rings is 1. The molecule has 0 bridgehead atoms. The fraction of sp³-hybridized carbons (Fsp3) is 0.361. The van der Waals surface area contributed by atoms with Crippen molar-refractivity contribution in [2.75, 3.05) is 56.7 Å². The molecule has 0 spiro atoms. The molecule has 1 fully saturated rings. The minimum Gasteiger partial charge on any atom is -0.492 e. The molecule has 1 saturated heterocycles. The highest BCUT2D eigenvalue weighted by Crippen LogP contribution is 2.32. The Bertz CT molecular complexity index is 1720. The lowest BCUT2D eigenvalue weighted by atomic mass is 9.92. The molecule has 2 amide bonds. The number of rotatable bonds is 10. The molecule has 242 valence electrons. The molecule has 3 aromatic carbocycles. The zero-order valence-electron chi connectivity index (χ0n) is 27.3. The van der Waals surface area contributed by atoms with Gasteiger partial charge in [0.25, 0.3) is 0 Å². The molecule has 10 heteroatoms. The maximum Gasteiger partial charge on any atom is 0.330 e. The Balaban J connectivity index is 1.36. The van der Waals surface area contributed by atoms with Crippen molar-refractivity contribution in [2.24, 2.45) is 0 Å². The third-order valence-corrected chi connectivity index (χ3v) is 7.81. The van der Waals surface area contributed by atoms with Crippen molar-refractivity contribution < 1.29 is 23.8 Å². The predicted molar refractivity (Wildman–Crippen MR) is 182 cm³/mol. The van der Waals surface area contributed by atoms with Crippen LogP contribution in [0.3, 0.4) is 0 Å². The lowest BCUT2D eigenvalue weighted by molar-refractivity contribution is -0.137. The van der Waals surface area contributed by atoms with Crippen molar-refractivity contribution >= 4 is 40.4 Å². The van der Waals surface area contributed by atoms with Gasteiger partial charge in [-0.2, -0.15) is 5.10 Å². The van der Waals surface area contributed by atoms with Crippen LogP contribution in [0.5, 0.6) is 5.75 Å². The Morgan fingerprint density at radius 3 is 2.50 bits per heavy atom. The molecular formula is C36H43N5O5. The normalized spacial score (nSPS) is 14.0. The molecule has 2 heterocycles. The Labute approximate surface area is 270 Å². The van der Waals surface area contributed by atoms with Gasteiger partial charge in [-0.3, -0.25) is 10.2 Å². The topological polar surface area (TPSA) is 107 Å². The molecule has 46 heavy (non-hydrogen) atoms. The summed E-state index contributed by atoms with van der Waals surface area (Å²) in [5, 5.41) is 12.7. The molecule has 2 N–H and O–H groups in total. The van der Waals surface area contributed by atoms with E-state index in [9.17, 15) is 9.59 Å². The molecule has 0 saturated carbocycles. The van der Waals surface area contributed by atoms with Gasteiger partial charge in [-0.15, -0.1) is 0 Å². The number of amides is 2. The van der Waals surface area contributed by atoms with E-state index in [2.05, 4.69) is 36.3 Å². The van der Waals surface area contributed by atoms with Crippen molar-refractivity contribution in [1.29, 1.82) is 0 Å². The first kappa shape index (κ1) is 32.7. The summed E-state index contributed by atoms with van der Waals surface area (Å²) in [5.74, 6) is 0.884. The number of aromatic nitrogens is 2. The fourth-order valence-corrected chi connectivity index (χ4v) is 5.21. The van der Waals surface area contributed by atoms with E-state index in [1.165, 1.54) is 6.08 Å². The predicted octanol–water partition coefficient (Wildman–Crippen LogP) is 6.56. The zero-order valence-corrected chi connectivity index (χ0v) is 27.3. The molecule has 1 aliphatic rings. The number of benzene rings is 3. The summed E-state index contributed by atoms with van der Waals surface area (Å²) in [6, 6.07) is 19.0. The average molecular weight is 626 g/mol. The van der Waals surface area contributed by atoms with Gasteiger partial charge in [-0.05, 0) is 55.3 Å². The quantitative estimate of drug-likeness (QED) is 0.152. The summed E-state index contributed by atoms with van der Waals surface area (Å²) in [6.07, 6.45) is 3.14. The standard InChI is InChI=1S/C36H43N5O5/c1-6-45-34(42)16-12-26-23-27(13-11-25(26)2)41-33(24-32(39-41)36(3,4)5)38-35(43)37-30-14-15-31(29-10-8-7-9-28(29)30)46-22-19-40-17-20-44-21-18-40/h7-16,23-24H,6,17-22H2,1-5H3,(H2,37,38,43)/b16-12+. The number of nitrogens with one attached hydrogen (secondary N) is 2. The van der Waals surface area contributed by atoms with Crippen LogP contribution in [-0.2, 0) is 19.7 Å². The third-order valence-electron chi connectivity index (χ3n) is 7.81. The maximum atomic E-state index is 13.5. The van der Waals surface area contributed by atoms with E-state index < -0.39 is 12.0 Å². The highest BCUT2D eigenvalue weighted by molar-refractivity contribution is 6.07. The number of carbonyl (C=O) groups excluding carboxylic acids is 2. The Morgan fingerprint density at radius 1 is 1.00 bits per heavy atom. The van der Waals surface area contributed by atoms with E-state index in [-0.39, 0.29) is 5.41 Å². The molecule has 1 aromatic heterocycles. The molecule has 0 atom stereocenters. The van der Waals surface area contributed by atoms with Crippen molar-refractivity contribution in [3.63, 3.8) is 0 Å². The molecular weight excluding hydrogens is 582 g/mol. The first-order chi connectivity index (χ1) is 22.1. The van der Waals surface area contributed by atoms with Crippen LogP contribution in [0.4, 0.5) is 16.3 Å². The second kappa shape index (κ2) is 14.6. The number of fused-ring (bicyclic) bond motifs is 1. The van der Waals surface area contributed by atoms with Gasteiger partial charge >= 0.3 is 12.0 Å². The summed E-state index contributed by atoms with van der Waals surface area (Å²) >= 11 is 0. The zero-order chi connectivity index (χ0) is 32.7. The molecule has 0 unspecified atom stereocenters. The number of carbonyl (C=O) groups is 2. The third kappa shape index (κ3) is 8.13. The van der Waals surface area contributed by atoms with Crippen molar-refractivity contribution in [3.05, 3.63) is 83.6 Å². The molecule has 0 aliphatic carbocycles. The Hall–Kier alpha value is -4.67. The highest BCUT2D eigenvalue weighted by atomic mass is 16.5. The van der Waals surface area contributed by atoms with Gasteiger partial charge in [0.2, 0.25) is 0 Å². The van der Waals surface area contributed by atoms with Gasteiger partial charge in [0.1, 0.15) is 18.2 Å². The van der Waals surface area contributed by atoms with Crippen LogP contribution >= 0.6 is 0 Å². The van der Waals surface area contributed by atoms with Gasteiger partial charge in [-0.1, -0.05) is 51.1 Å². The maximum absolute atomic E-state index is 13.5. The lowest BCUT2D eigenvalue weighted by Crippen LogP contribution is -2.38. The summed E-state index contributed by atoms with van der Waals surface area (Å²) in [5.41, 5.74) is 3.79. The summed E-state index contributed by atoms with van der Waals surface area (Å²) < 4.78 is 18.4. The van der Waals surface area contributed by atoms with Crippen molar-refractivity contribution in [1.82, 2.24) is 14.7 Å². The van der Waals surface area contributed by atoms with Gasteiger partial charge in [0.05, 0.1) is 36.9 Å². The minimum absolute atomic E-state index is 0.261. The van der Waals surface area contributed by atoms with E-state index in [4.69, 9.17) is 19.3 Å². The van der Waals surface area contributed by atoms with Crippen LogP contribution in [0, 0.1) is 6.92 Å². The highest BCUT2D eigenvalue weighted by Gasteiger charge is 2.22.